The Morgan fingerprint density at radius 1 is 0.489 bits per heavy atom. The van der Waals surface area contributed by atoms with E-state index in [4.69, 9.17) is 0 Å². The van der Waals surface area contributed by atoms with E-state index in [1.807, 2.05) is 4.90 Å². The van der Waals surface area contributed by atoms with Gasteiger partial charge in [0.15, 0.2) is 0 Å². The highest BCUT2D eigenvalue weighted by Gasteiger charge is 2.21. The first-order chi connectivity index (χ1) is 21.6. The number of aldehydes is 1. The van der Waals surface area contributed by atoms with Crippen LogP contribution in [0.15, 0.2) is 0 Å². The van der Waals surface area contributed by atoms with Crippen molar-refractivity contribution in [2.75, 3.05) is 91.6 Å². The largest absolute Gasteiger partial charge is 0.480 e. The van der Waals surface area contributed by atoms with Gasteiger partial charge >= 0.3 is 17.9 Å². The van der Waals surface area contributed by atoms with Crippen LogP contribution in [0.3, 0.4) is 0 Å². The average Bonchev–Trinajstić information content (AvgIpc) is 2.96. The fourth-order valence-corrected chi connectivity index (χ4v) is 5.09. The van der Waals surface area contributed by atoms with Crippen LogP contribution in [-0.2, 0) is 28.8 Å². The van der Waals surface area contributed by atoms with E-state index in [0.717, 1.165) is 57.7 Å². The van der Waals surface area contributed by atoms with Gasteiger partial charge < -0.3 is 30.7 Å². The molecule has 1 aliphatic heterocycles. The van der Waals surface area contributed by atoms with Crippen molar-refractivity contribution >= 4 is 36.0 Å². The minimum Gasteiger partial charge on any atom is -0.480 e. The lowest BCUT2D eigenvalue weighted by atomic mass is 10.1. The van der Waals surface area contributed by atoms with Crippen molar-refractivity contribution in [1.82, 2.24) is 30.2 Å². The van der Waals surface area contributed by atoms with Gasteiger partial charge in [0.05, 0.1) is 26.2 Å². The van der Waals surface area contributed by atoms with E-state index >= 15 is 0 Å². The first-order valence-electron chi connectivity index (χ1n) is 16.1. The van der Waals surface area contributed by atoms with Gasteiger partial charge in [0, 0.05) is 78.3 Å². The third-order valence-electron chi connectivity index (χ3n) is 7.62. The van der Waals surface area contributed by atoms with Crippen LogP contribution in [-0.4, -0.2) is 163 Å². The molecule has 0 aromatic heterocycles. The van der Waals surface area contributed by atoms with Gasteiger partial charge in [-0.15, -0.1) is 0 Å². The van der Waals surface area contributed by atoms with Crippen LogP contribution in [0.2, 0.25) is 0 Å². The predicted octanol–water partition coefficient (Wildman–Crippen LogP) is -0.206. The summed E-state index contributed by atoms with van der Waals surface area (Å²) in [6.07, 6.45) is 10.3. The molecule has 1 saturated heterocycles. The lowest BCUT2D eigenvalue weighted by Gasteiger charge is -2.32. The molecule has 1 fully saturated rings. The second-order valence-corrected chi connectivity index (χ2v) is 11.5. The molecule has 1 aliphatic rings. The Kier molecular flexibility index (Phi) is 22.2. The summed E-state index contributed by atoms with van der Waals surface area (Å²) in [5, 5.41) is 33.6. The van der Waals surface area contributed by atoms with E-state index < -0.39 is 17.9 Å². The molecular formula is C30H54N6O9. The number of hydrogen-bond donors (Lipinski definition) is 5. The highest BCUT2D eigenvalue weighted by atomic mass is 16.4. The number of hydrogen-bond acceptors (Lipinski definition) is 10. The molecule has 0 spiro atoms. The van der Waals surface area contributed by atoms with Crippen LogP contribution in [0.25, 0.3) is 0 Å². The van der Waals surface area contributed by atoms with Crippen molar-refractivity contribution in [3.63, 3.8) is 0 Å². The monoisotopic (exact) mass is 642 g/mol. The maximum Gasteiger partial charge on any atom is 0.317 e. The standard InChI is InChI=1S/C30H54N6O9/c37-21-9-7-5-3-1-2-4-6-8-11-31-26(38)10-12-32-27(39)22-33-13-15-34(23-28(40)41)17-19-36(25-30(44)45)20-18-35(16-14-33)24-29(42)43/h21H,1-20,22-25H2,(H,31,38)(H,32,39)(H,40,41)(H,42,43)(H,44,45). The molecule has 0 saturated carbocycles. The summed E-state index contributed by atoms with van der Waals surface area (Å²) in [6.45, 7) is 2.62. The van der Waals surface area contributed by atoms with Gasteiger partial charge in [-0.1, -0.05) is 38.5 Å². The Labute approximate surface area is 266 Å². The van der Waals surface area contributed by atoms with Crippen LogP contribution in [0.4, 0.5) is 0 Å². The van der Waals surface area contributed by atoms with E-state index in [0.29, 0.717) is 65.3 Å². The number of rotatable bonds is 22. The number of unbranched alkanes of at least 4 members (excludes halogenated alkanes) is 8. The number of amides is 2. The fourth-order valence-electron chi connectivity index (χ4n) is 5.09. The number of carbonyl (C=O) groups is 6. The van der Waals surface area contributed by atoms with Crippen molar-refractivity contribution in [3.8, 4) is 0 Å². The SMILES string of the molecule is O=CCCCCCCCCCCNC(=O)CCNC(=O)CN1CCN(CC(=O)O)CCN(CC(=O)O)CCN(CC(=O)O)CC1. The Hall–Kier alpha value is -3.14. The van der Waals surface area contributed by atoms with E-state index in [2.05, 4.69) is 10.6 Å². The zero-order valence-electron chi connectivity index (χ0n) is 26.6. The molecule has 0 aromatic carbocycles. The van der Waals surface area contributed by atoms with Crippen LogP contribution >= 0.6 is 0 Å². The summed E-state index contributed by atoms with van der Waals surface area (Å²) >= 11 is 0. The van der Waals surface area contributed by atoms with Gasteiger partial charge in [-0.05, 0) is 12.8 Å². The van der Waals surface area contributed by atoms with Crippen molar-refractivity contribution in [1.29, 1.82) is 0 Å². The number of carboxylic acids is 3. The summed E-state index contributed by atoms with van der Waals surface area (Å²) in [5.74, 6) is -3.47. The van der Waals surface area contributed by atoms with Crippen molar-refractivity contribution in [2.24, 2.45) is 0 Å². The topological polar surface area (TPSA) is 200 Å². The minimum absolute atomic E-state index is 0.00562. The number of nitrogens with zero attached hydrogens (tertiary/aromatic N) is 4. The molecule has 15 nitrogen and oxygen atoms in total. The van der Waals surface area contributed by atoms with Crippen molar-refractivity contribution < 1.29 is 44.1 Å². The maximum absolute atomic E-state index is 12.7. The lowest BCUT2D eigenvalue weighted by molar-refractivity contribution is -0.140. The summed E-state index contributed by atoms with van der Waals surface area (Å²) in [7, 11) is 0. The Bertz CT molecular complexity index is 875. The predicted molar refractivity (Wildman–Crippen MR) is 167 cm³/mol. The number of nitrogens with one attached hydrogen (secondary N) is 2. The molecule has 5 N–H and O–H groups in total. The highest BCUT2D eigenvalue weighted by Crippen LogP contribution is 2.09. The first-order valence-corrected chi connectivity index (χ1v) is 16.1. The molecule has 1 heterocycles. The summed E-state index contributed by atoms with van der Waals surface area (Å²) in [6, 6.07) is 0. The molecule has 2 amide bonds. The summed E-state index contributed by atoms with van der Waals surface area (Å²) in [5.41, 5.74) is 0. The Morgan fingerprint density at radius 2 is 0.844 bits per heavy atom. The molecule has 45 heavy (non-hydrogen) atoms. The molecular weight excluding hydrogens is 588 g/mol. The number of carboxylic acid groups (broad SMARTS) is 3. The molecule has 0 unspecified atom stereocenters. The quantitative estimate of drug-likeness (QED) is 0.0769. The maximum atomic E-state index is 12.7. The third kappa shape index (κ3) is 22.9. The average molecular weight is 643 g/mol. The van der Waals surface area contributed by atoms with Crippen molar-refractivity contribution in [3.05, 3.63) is 0 Å². The van der Waals surface area contributed by atoms with Crippen molar-refractivity contribution in [2.45, 2.75) is 64.2 Å². The molecule has 0 aromatic rings. The lowest BCUT2D eigenvalue weighted by Crippen LogP contribution is -2.50. The normalized spacial score (nSPS) is 16.3. The zero-order chi connectivity index (χ0) is 33.3. The number of carbonyl (C=O) groups excluding carboxylic acids is 3. The van der Waals surface area contributed by atoms with Gasteiger partial charge in [0.25, 0.3) is 0 Å². The summed E-state index contributed by atoms with van der Waals surface area (Å²) in [4.78, 5) is 76.3. The molecule has 0 radical (unpaired) electrons. The highest BCUT2D eigenvalue weighted by molar-refractivity contribution is 5.80. The first kappa shape index (κ1) is 39.9. The molecule has 1 rings (SSSR count). The molecule has 258 valence electrons. The second kappa shape index (κ2) is 25.1. The third-order valence-corrected chi connectivity index (χ3v) is 7.62. The van der Waals surface area contributed by atoms with Crippen LogP contribution in [0, 0.1) is 0 Å². The molecule has 0 atom stereocenters. The van der Waals surface area contributed by atoms with E-state index in [1.165, 1.54) is 0 Å². The van der Waals surface area contributed by atoms with Crippen LogP contribution in [0.5, 0.6) is 0 Å². The van der Waals surface area contributed by atoms with E-state index in [-0.39, 0.29) is 51.0 Å². The van der Waals surface area contributed by atoms with Gasteiger partial charge in [0.1, 0.15) is 6.29 Å². The van der Waals surface area contributed by atoms with Gasteiger partial charge in [0.2, 0.25) is 11.8 Å². The van der Waals surface area contributed by atoms with Gasteiger partial charge in [-0.2, -0.15) is 0 Å². The minimum atomic E-state index is -1.02. The van der Waals surface area contributed by atoms with Crippen LogP contribution in [0.1, 0.15) is 64.2 Å². The Morgan fingerprint density at radius 3 is 1.24 bits per heavy atom. The van der Waals surface area contributed by atoms with Gasteiger partial charge in [-0.25, -0.2) is 0 Å². The zero-order valence-corrected chi connectivity index (χ0v) is 26.6. The van der Waals surface area contributed by atoms with Gasteiger partial charge in [-0.3, -0.25) is 43.6 Å². The second-order valence-electron chi connectivity index (χ2n) is 11.5. The molecule has 0 bridgehead atoms. The number of aliphatic carboxylic acids is 3. The molecule has 15 heteroatoms. The molecule has 0 aliphatic carbocycles. The van der Waals surface area contributed by atoms with Crippen LogP contribution < -0.4 is 10.6 Å². The fraction of sp³-hybridized carbons (Fsp3) is 0.800. The Balaban J connectivity index is 2.49. The summed E-state index contributed by atoms with van der Waals surface area (Å²) < 4.78 is 0. The smallest absolute Gasteiger partial charge is 0.317 e. The van der Waals surface area contributed by atoms with E-state index in [1.54, 1.807) is 14.7 Å². The van der Waals surface area contributed by atoms with E-state index in [9.17, 15) is 44.1 Å².